The number of piperidine rings is 1. The maximum atomic E-state index is 13.8. The first kappa shape index (κ1) is 24.0. The number of carbonyl (C=O) groups is 1. The van der Waals surface area contributed by atoms with E-state index in [4.69, 9.17) is 10.2 Å². The van der Waals surface area contributed by atoms with E-state index in [0.717, 1.165) is 32.1 Å². The van der Waals surface area contributed by atoms with Gasteiger partial charge < -0.3 is 20.4 Å². The summed E-state index contributed by atoms with van der Waals surface area (Å²) in [6.45, 7) is 0.747. The Morgan fingerprint density at radius 3 is 2.54 bits per heavy atom. The molecule has 0 radical (unpaired) electrons. The first-order valence-corrected chi connectivity index (χ1v) is 13.0. The van der Waals surface area contributed by atoms with Crippen LogP contribution in [-0.4, -0.2) is 84.5 Å². The number of nitrogens with one attached hydrogen (secondary N) is 1. The second-order valence-electron chi connectivity index (χ2n) is 10.4. The molecule has 2 saturated heterocycles. The van der Waals surface area contributed by atoms with Gasteiger partial charge in [-0.2, -0.15) is 19.5 Å². The average molecular weight is 516 g/mol. The molecule has 1 aliphatic carbocycles. The lowest BCUT2D eigenvalue weighted by atomic mass is 9.83. The smallest absolute Gasteiger partial charge is 0.272 e. The van der Waals surface area contributed by atoms with E-state index in [1.54, 1.807) is 12.1 Å². The molecule has 11 nitrogen and oxygen atoms in total. The SMILES string of the molecule is Nc1nc(N[C@H](C(=O)N2CCC(N3CC(F)(F)C3)CC2)C2CCCCC2)nc2nc(-c3ccco3)nn12. The average Bonchev–Trinajstić information content (AvgIpc) is 3.57. The summed E-state index contributed by atoms with van der Waals surface area (Å²) in [5, 5.41) is 7.61. The zero-order valence-corrected chi connectivity index (χ0v) is 20.5. The number of carbonyl (C=O) groups excluding carboxylic acids is 1. The Hall–Kier alpha value is -3.35. The van der Waals surface area contributed by atoms with Gasteiger partial charge in [-0.25, -0.2) is 8.78 Å². The van der Waals surface area contributed by atoms with Crippen molar-refractivity contribution in [1.82, 2.24) is 34.4 Å². The number of nitrogens with zero attached hydrogens (tertiary/aromatic N) is 7. The second-order valence-corrected chi connectivity index (χ2v) is 10.4. The standard InChI is InChI=1S/C24H31F2N9O2/c25-24(26)13-34(14-24)16-8-10-33(11-9-16)20(36)18(15-5-2-1-3-6-15)28-22-30-21(27)35-23(31-22)29-19(32-35)17-7-4-12-37-17/h4,7,12,15-16,18H,1-3,5-6,8-11,13-14H2,(H3,27,28,29,30,31,32)/t18-/m0/s1. The number of furan rings is 1. The number of nitrogen functional groups attached to an aromatic ring is 1. The molecule has 5 heterocycles. The summed E-state index contributed by atoms with van der Waals surface area (Å²) < 4.78 is 33.3. The Morgan fingerprint density at radius 1 is 1.11 bits per heavy atom. The minimum atomic E-state index is -2.57. The van der Waals surface area contributed by atoms with Crippen LogP contribution in [0.1, 0.15) is 44.9 Å². The molecule has 3 aromatic rings. The van der Waals surface area contributed by atoms with Gasteiger partial charge >= 0.3 is 0 Å². The number of hydrogen-bond acceptors (Lipinski definition) is 9. The van der Waals surface area contributed by atoms with E-state index in [0.29, 0.717) is 37.5 Å². The summed E-state index contributed by atoms with van der Waals surface area (Å²) >= 11 is 0. The fourth-order valence-corrected chi connectivity index (χ4v) is 5.82. The summed E-state index contributed by atoms with van der Waals surface area (Å²) in [5.41, 5.74) is 6.16. The van der Waals surface area contributed by atoms with Crippen LogP contribution >= 0.6 is 0 Å². The predicted octanol–water partition coefficient (Wildman–Crippen LogP) is 2.66. The molecule has 198 valence electrons. The topological polar surface area (TPSA) is 131 Å². The molecule has 6 rings (SSSR count). The van der Waals surface area contributed by atoms with Crippen LogP contribution in [0.25, 0.3) is 17.4 Å². The van der Waals surface area contributed by atoms with E-state index < -0.39 is 12.0 Å². The molecule has 3 aliphatic rings. The summed E-state index contributed by atoms with van der Waals surface area (Å²) in [4.78, 5) is 30.7. The van der Waals surface area contributed by atoms with Crippen LogP contribution in [0.15, 0.2) is 22.8 Å². The van der Waals surface area contributed by atoms with Gasteiger partial charge in [-0.15, -0.1) is 5.10 Å². The number of nitrogens with two attached hydrogens (primary N) is 1. The monoisotopic (exact) mass is 515 g/mol. The first-order valence-electron chi connectivity index (χ1n) is 13.0. The lowest BCUT2D eigenvalue weighted by molar-refractivity contribution is -0.155. The van der Waals surface area contributed by atoms with E-state index in [1.165, 1.54) is 10.8 Å². The molecule has 0 aromatic carbocycles. The van der Waals surface area contributed by atoms with Gasteiger partial charge in [0.2, 0.25) is 23.6 Å². The Labute approximate surface area is 212 Å². The normalized spacial score (nSPS) is 22.2. The molecule has 3 fully saturated rings. The van der Waals surface area contributed by atoms with Crippen LogP contribution in [0.4, 0.5) is 20.7 Å². The summed E-state index contributed by atoms with van der Waals surface area (Å²) in [6.07, 6.45) is 8.11. The number of aromatic nitrogens is 5. The fraction of sp³-hybridized carbons (Fsp3) is 0.625. The Balaban J connectivity index is 1.19. The third-order valence-electron chi connectivity index (χ3n) is 7.81. The lowest BCUT2D eigenvalue weighted by Gasteiger charge is -2.47. The molecular weight excluding hydrogens is 484 g/mol. The highest BCUT2D eigenvalue weighted by atomic mass is 19.3. The highest BCUT2D eigenvalue weighted by Crippen LogP contribution is 2.33. The van der Waals surface area contributed by atoms with Gasteiger partial charge in [-0.1, -0.05) is 19.3 Å². The van der Waals surface area contributed by atoms with Crippen LogP contribution in [0, 0.1) is 5.92 Å². The van der Waals surface area contributed by atoms with E-state index >= 15 is 0 Å². The summed E-state index contributed by atoms with van der Waals surface area (Å²) in [5.74, 6) is -1.03. The summed E-state index contributed by atoms with van der Waals surface area (Å²) in [7, 11) is 0. The van der Waals surface area contributed by atoms with Crippen molar-refractivity contribution in [2.75, 3.05) is 37.2 Å². The zero-order chi connectivity index (χ0) is 25.6. The van der Waals surface area contributed by atoms with Crippen LogP contribution in [-0.2, 0) is 4.79 Å². The van der Waals surface area contributed by atoms with Crippen molar-refractivity contribution in [3.63, 3.8) is 0 Å². The molecule has 3 aromatic heterocycles. The zero-order valence-electron chi connectivity index (χ0n) is 20.5. The minimum absolute atomic E-state index is 0.000856. The predicted molar refractivity (Wildman–Crippen MR) is 131 cm³/mol. The first-order chi connectivity index (χ1) is 17.9. The van der Waals surface area contributed by atoms with Crippen molar-refractivity contribution >= 4 is 23.6 Å². The van der Waals surface area contributed by atoms with Gasteiger partial charge in [0.05, 0.1) is 19.4 Å². The molecule has 0 unspecified atom stereocenters. The highest BCUT2D eigenvalue weighted by molar-refractivity contribution is 5.85. The quantitative estimate of drug-likeness (QED) is 0.509. The van der Waals surface area contributed by atoms with Crippen molar-refractivity contribution in [3.05, 3.63) is 18.4 Å². The largest absolute Gasteiger partial charge is 0.461 e. The van der Waals surface area contributed by atoms with Gasteiger partial charge in [-0.3, -0.25) is 9.69 Å². The molecule has 0 bridgehead atoms. The van der Waals surface area contributed by atoms with E-state index in [9.17, 15) is 13.6 Å². The number of hydrogen-bond donors (Lipinski definition) is 2. The number of anilines is 2. The summed E-state index contributed by atoms with van der Waals surface area (Å²) in [6, 6.07) is 3.09. The van der Waals surface area contributed by atoms with Gasteiger partial charge in [0.1, 0.15) is 6.04 Å². The van der Waals surface area contributed by atoms with Crippen molar-refractivity contribution < 1.29 is 18.0 Å². The molecule has 1 saturated carbocycles. The number of halogens is 2. The van der Waals surface area contributed by atoms with Crippen LogP contribution < -0.4 is 11.1 Å². The van der Waals surface area contributed by atoms with Gasteiger partial charge in [0.25, 0.3) is 11.7 Å². The second kappa shape index (κ2) is 9.51. The molecule has 3 N–H and O–H groups in total. The molecule has 37 heavy (non-hydrogen) atoms. The molecule has 0 spiro atoms. The van der Waals surface area contributed by atoms with Gasteiger partial charge in [0.15, 0.2) is 5.76 Å². The third-order valence-corrected chi connectivity index (χ3v) is 7.81. The Morgan fingerprint density at radius 2 is 1.86 bits per heavy atom. The van der Waals surface area contributed by atoms with Crippen molar-refractivity contribution in [2.24, 2.45) is 5.92 Å². The van der Waals surface area contributed by atoms with Gasteiger partial charge in [-0.05, 0) is 43.7 Å². The molecule has 2 aliphatic heterocycles. The Bertz CT molecular complexity index is 1240. The van der Waals surface area contributed by atoms with Crippen LogP contribution in [0.5, 0.6) is 0 Å². The Kier molecular flexibility index (Phi) is 6.17. The molecule has 1 atom stereocenters. The molecule has 13 heteroatoms. The maximum absolute atomic E-state index is 13.8. The number of alkyl halides is 2. The van der Waals surface area contributed by atoms with Crippen LogP contribution in [0.2, 0.25) is 0 Å². The van der Waals surface area contributed by atoms with E-state index in [1.807, 2.05) is 9.80 Å². The molecule has 1 amide bonds. The van der Waals surface area contributed by atoms with E-state index in [2.05, 4.69) is 25.4 Å². The lowest BCUT2D eigenvalue weighted by Crippen LogP contribution is -2.62. The van der Waals surface area contributed by atoms with Crippen LogP contribution in [0.3, 0.4) is 0 Å². The maximum Gasteiger partial charge on any atom is 0.272 e. The number of fused-ring (bicyclic) bond motifs is 1. The van der Waals surface area contributed by atoms with Crippen molar-refractivity contribution in [3.8, 4) is 11.6 Å². The molecular formula is C24H31F2N9O2. The van der Waals surface area contributed by atoms with Crippen molar-refractivity contribution in [2.45, 2.75) is 63.0 Å². The van der Waals surface area contributed by atoms with Gasteiger partial charge in [0, 0.05) is 19.1 Å². The van der Waals surface area contributed by atoms with Crippen molar-refractivity contribution in [1.29, 1.82) is 0 Å². The number of rotatable bonds is 6. The van der Waals surface area contributed by atoms with E-state index in [-0.39, 0.29) is 48.6 Å². The fourth-order valence-electron chi connectivity index (χ4n) is 5.82. The minimum Gasteiger partial charge on any atom is -0.461 e. The number of amides is 1. The number of likely N-dealkylation sites (tertiary alicyclic amines) is 2. The highest BCUT2D eigenvalue weighted by Gasteiger charge is 2.47. The third kappa shape index (κ3) is 4.83.